The first-order chi connectivity index (χ1) is 8.29. The Kier molecular flexibility index (Phi) is 5.30. The second-order valence-electron chi connectivity index (χ2n) is 5.93. The van der Waals surface area contributed by atoms with Crippen molar-refractivity contribution >= 4 is 0 Å². The number of nitrogens with one attached hydrogen (secondary N) is 1. The van der Waals surface area contributed by atoms with E-state index in [4.69, 9.17) is 4.74 Å². The summed E-state index contributed by atoms with van der Waals surface area (Å²) in [5.41, 5.74) is 0. The quantitative estimate of drug-likeness (QED) is 0.766. The van der Waals surface area contributed by atoms with Gasteiger partial charge in [0.15, 0.2) is 0 Å². The Morgan fingerprint density at radius 2 is 1.94 bits per heavy atom. The van der Waals surface area contributed by atoms with E-state index in [2.05, 4.69) is 19.2 Å². The van der Waals surface area contributed by atoms with Crippen LogP contribution in [0.25, 0.3) is 0 Å². The molecule has 3 atom stereocenters. The zero-order valence-corrected chi connectivity index (χ0v) is 11.6. The summed E-state index contributed by atoms with van der Waals surface area (Å²) in [4.78, 5) is 0. The SMILES string of the molecule is CCNC(CCC1CCC(C)O1)C1CCCC1. The predicted molar refractivity (Wildman–Crippen MR) is 72.2 cm³/mol. The highest BCUT2D eigenvalue weighted by Gasteiger charge is 2.27. The summed E-state index contributed by atoms with van der Waals surface area (Å²) in [6.45, 7) is 5.55. The lowest BCUT2D eigenvalue weighted by Gasteiger charge is -2.25. The molecule has 0 aromatic carbocycles. The third-order valence-corrected chi connectivity index (χ3v) is 4.55. The molecule has 1 saturated carbocycles. The number of hydrogen-bond donors (Lipinski definition) is 1. The van der Waals surface area contributed by atoms with Gasteiger partial charge in [-0.1, -0.05) is 19.8 Å². The Bertz CT molecular complexity index is 213. The summed E-state index contributed by atoms with van der Waals surface area (Å²) in [5, 5.41) is 3.70. The molecule has 1 N–H and O–H groups in total. The van der Waals surface area contributed by atoms with Crippen LogP contribution in [0, 0.1) is 5.92 Å². The predicted octanol–water partition coefficient (Wildman–Crippen LogP) is 3.50. The minimum Gasteiger partial charge on any atom is -0.375 e. The highest BCUT2D eigenvalue weighted by Crippen LogP contribution is 2.31. The van der Waals surface area contributed by atoms with Gasteiger partial charge in [0.1, 0.15) is 0 Å². The highest BCUT2D eigenvalue weighted by atomic mass is 16.5. The highest BCUT2D eigenvalue weighted by molar-refractivity contribution is 4.82. The van der Waals surface area contributed by atoms with Gasteiger partial charge in [0.2, 0.25) is 0 Å². The minimum atomic E-state index is 0.504. The van der Waals surface area contributed by atoms with Gasteiger partial charge in [-0.2, -0.15) is 0 Å². The van der Waals surface area contributed by atoms with Gasteiger partial charge in [-0.05, 0) is 57.9 Å². The molecule has 0 amide bonds. The van der Waals surface area contributed by atoms with Crippen LogP contribution in [0.5, 0.6) is 0 Å². The molecular weight excluding hydrogens is 210 g/mol. The first kappa shape index (κ1) is 13.4. The first-order valence-corrected chi connectivity index (χ1v) is 7.68. The van der Waals surface area contributed by atoms with Gasteiger partial charge in [0.05, 0.1) is 12.2 Å². The second kappa shape index (κ2) is 6.75. The Morgan fingerprint density at radius 3 is 2.53 bits per heavy atom. The molecule has 17 heavy (non-hydrogen) atoms. The summed E-state index contributed by atoms with van der Waals surface area (Å²) < 4.78 is 5.92. The van der Waals surface area contributed by atoms with Crippen molar-refractivity contribution in [3.8, 4) is 0 Å². The molecule has 0 aromatic rings. The molecule has 1 aliphatic heterocycles. The van der Waals surface area contributed by atoms with E-state index in [1.165, 1.54) is 51.4 Å². The molecule has 2 nitrogen and oxygen atoms in total. The average Bonchev–Trinajstić information content (AvgIpc) is 2.95. The van der Waals surface area contributed by atoms with Gasteiger partial charge in [-0.3, -0.25) is 0 Å². The van der Waals surface area contributed by atoms with Crippen molar-refractivity contribution in [2.45, 2.75) is 83.5 Å². The first-order valence-electron chi connectivity index (χ1n) is 7.68. The van der Waals surface area contributed by atoms with Crippen LogP contribution in [0.4, 0.5) is 0 Å². The van der Waals surface area contributed by atoms with Gasteiger partial charge >= 0.3 is 0 Å². The molecular formula is C15H29NO. The van der Waals surface area contributed by atoms with E-state index in [0.29, 0.717) is 12.2 Å². The van der Waals surface area contributed by atoms with E-state index >= 15 is 0 Å². The van der Waals surface area contributed by atoms with Gasteiger partial charge in [0.25, 0.3) is 0 Å². The van der Waals surface area contributed by atoms with E-state index in [1.54, 1.807) is 0 Å². The van der Waals surface area contributed by atoms with Gasteiger partial charge < -0.3 is 10.1 Å². The molecule has 0 bridgehead atoms. The molecule has 0 aromatic heterocycles. The minimum absolute atomic E-state index is 0.504. The van der Waals surface area contributed by atoms with E-state index in [1.807, 2.05) is 0 Å². The zero-order valence-electron chi connectivity index (χ0n) is 11.6. The summed E-state index contributed by atoms with van der Waals surface area (Å²) >= 11 is 0. The van der Waals surface area contributed by atoms with Crippen LogP contribution in [-0.2, 0) is 4.74 Å². The van der Waals surface area contributed by atoms with Gasteiger partial charge in [0, 0.05) is 6.04 Å². The molecule has 1 saturated heterocycles. The van der Waals surface area contributed by atoms with Crippen LogP contribution in [0.1, 0.15) is 65.2 Å². The topological polar surface area (TPSA) is 21.3 Å². The molecule has 100 valence electrons. The van der Waals surface area contributed by atoms with Crippen LogP contribution >= 0.6 is 0 Å². The van der Waals surface area contributed by atoms with E-state index in [-0.39, 0.29) is 0 Å². The molecule has 2 heteroatoms. The van der Waals surface area contributed by atoms with Crippen molar-refractivity contribution in [3.05, 3.63) is 0 Å². The Balaban J connectivity index is 1.72. The molecule has 2 rings (SSSR count). The summed E-state index contributed by atoms with van der Waals surface area (Å²) in [6, 6.07) is 0.752. The number of rotatable bonds is 6. The number of ether oxygens (including phenoxy) is 1. The largest absolute Gasteiger partial charge is 0.375 e. The van der Waals surface area contributed by atoms with E-state index in [0.717, 1.165) is 18.5 Å². The van der Waals surface area contributed by atoms with Crippen molar-refractivity contribution in [2.75, 3.05) is 6.54 Å². The molecule has 0 spiro atoms. The van der Waals surface area contributed by atoms with Crippen molar-refractivity contribution < 1.29 is 4.74 Å². The lowest BCUT2D eigenvalue weighted by Crippen LogP contribution is -2.35. The fourth-order valence-corrected chi connectivity index (χ4v) is 3.59. The molecule has 1 heterocycles. The lowest BCUT2D eigenvalue weighted by molar-refractivity contribution is 0.0468. The summed E-state index contributed by atoms with van der Waals surface area (Å²) in [7, 11) is 0. The van der Waals surface area contributed by atoms with Gasteiger partial charge in [-0.15, -0.1) is 0 Å². The fraction of sp³-hybridized carbons (Fsp3) is 1.00. The summed E-state index contributed by atoms with van der Waals surface area (Å²) in [6.07, 6.45) is 12.0. The molecule has 0 radical (unpaired) electrons. The Morgan fingerprint density at radius 1 is 1.18 bits per heavy atom. The normalized spacial score (nSPS) is 32.1. The molecule has 3 unspecified atom stereocenters. The molecule has 1 aliphatic carbocycles. The van der Waals surface area contributed by atoms with Crippen LogP contribution in [0.3, 0.4) is 0 Å². The monoisotopic (exact) mass is 239 g/mol. The van der Waals surface area contributed by atoms with Crippen LogP contribution in [0.2, 0.25) is 0 Å². The number of hydrogen-bond acceptors (Lipinski definition) is 2. The Labute approximate surface area is 107 Å². The lowest BCUT2D eigenvalue weighted by atomic mass is 9.92. The maximum atomic E-state index is 5.92. The van der Waals surface area contributed by atoms with E-state index < -0.39 is 0 Å². The standard InChI is InChI=1S/C15H29NO/c1-3-16-15(13-6-4-5-7-13)11-10-14-9-8-12(2)17-14/h12-16H,3-11H2,1-2H3. The van der Waals surface area contributed by atoms with Crippen LogP contribution in [-0.4, -0.2) is 24.8 Å². The smallest absolute Gasteiger partial charge is 0.0580 e. The van der Waals surface area contributed by atoms with Crippen molar-refractivity contribution in [2.24, 2.45) is 5.92 Å². The third kappa shape index (κ3) is 3.96. The van der Waals surface area contributed by atoms with Crippen molar-refractivity contribution in [3.63, 3.8) is 0 Å². The maximum absolute atomic E-state index is 5.92. The van der Waals surface area contributed by atoms with Crippen molar-refractivity contribution in [1.82, 2.24) is 5.32 Å². The van der Waals surface area contributed by atoms with E-state index in [9.17, 15) is 0 Å². The fourth-order valence-electron chi connectivity index (χ4n) is 3.59. The molecule has 2 fully saturated rings. The van der Waals surface area contributed by atoms with Gasteiger partial charge in [-0.25, -0.2) is 0 Å². The van der Waals surface area contributed by atoms with Crippen LogP contribution < -0.4 is 5.32 Å². The second-order valence-corrected chi connectivity index (χ2v) is 5.93. The van der Waals surface area contributed by atoms with Crippen LogP contribution in [0.15, 0.2) is 0 Å². The third-order valence-electron chi connectivity index (χ3n) is 4.55. The van der Waals surface area contributed by atoms with Crippen molar-refractivity contribution in [1.29, 1.82) is 0 Å². The zero-order chi connectivity index (χ0) is 12.1. The Hall–Kier alpha value is -0.0800. The average molecular weight is 239 g/mol. The summed E-state index contributed by atoms with van der Waals surface area (Å²) in [5.74, 6) is 0.939. The maximum Gasteiger partial charge on any atom is 0.0580 e. The molecule has 2 aliphatic rings.